The molecule has 0 atom stereocenters. The normalized spacial score (nSPS) is 11.7. The summed E-state index contributed by atoms with van der Waals surface area (Å²) in [5, 5.41) is 29.2. The number of furan rings is 3. The van der Waals surface area contributed by atoms with Crippen LogP contribution in [0.25, 0.3) is 252 Å². The summed E-state index contributed by atoms with van der Waals surface area (Å²) in [6, 6.07) is 162. The Morgan fingerprint density at radius 3 is 0.667 bits per heavy atom. The SMILES string of the molecule is c1ccc(-c2c3ccccc3c(-c3ccc4oc5cc6ccccc6cc5c4c3)c3ccccc23)cc1.c1ccc(-c2cccc(-c3c4ccccc4c(-c4ccc5oc6cc7ccccc7cc6c5c4)c4ccccc34)c2)cc1.c1ccc(-c2ccccc2-c2c3ccccc3c(-c3ccc4oc5cc6ccccc6cc5c4c3)c3ccccc23)cc1. The summed E-state index contributed by atoms with van der Waals surface area (Å²) in [6.07, 6.45) is 0. The van der Waals surface area contributed by atoms with Gasteiger partial charge in [0.25, 0.3) is 0 Å². The van der Waals surface area contributed by atoms with Gasteiger partial charge in [-0.05, 0) is 265 Å². The van der Waals surface area contributed by atoms with E-state index >= 15 is 0 Å². The van der Waals surface area contributed by atoms with Gasteiger partial charge in [-0.3, -0.25) is 0 Å². The molecule has 3 heteroatoms. The number of rotatable bonds is 8. The van der Waals surface area contributed by atoms with E-state index in [2.05, 4.69) is 449 Å². The van der Waals surface area contributed by atoms with Gasteiger partial charge in [-0.1, -0.05) is 370 Å². The average molecular weight is 1560 g/mol. The Kier molecular flexibility index (Phi) is 17.0. The van der Waals surface area contributed by atoms with Crippen molar-refractivity contribution in [3.05, 3.63) is 449 Å². The largest absolute Gasteiger partial charge is 0.456 e. The molecule has 572 valence electrons. The van der Waals surface area contributed by atoms with Gasteiger partial charge in [0.2, 0.25) is 0 Å². The predicted octanol–water partition coefficient (Wildman–Crippen LogP) is 34.5. The van der Waals surface area contributed by atoms with E-state index < -0.39 is 0 Å². The second-order valence-corrected chi connectivity index (χ2v) is 32.3. The minimum atomic E-state index is 0.913. The molecule has 3 heterocycles. The van der Waals surface area contributed by atoms with Crippen LogP contribution in [0.3, 0.4) is 0 Å². The summed E-state index contributed by atoms with van der Waals surface area (Å²) in [5.74, 6) is 0. The van der Waals surface area contributed by atoms with Gasteiger partial charge in [0, 0.05) is 32.3 Å². The van der Waals surface area contributed by atoms with Crippen LogP contribution < -0.4 is 0 Å². The lowest BCUT2D eigenvalue weighted by atomic mass is 9.83. The molecular weight excluding hydrogens is 1490 g/mol. The van der Waals surface area contributed by atoms with Crippen molar-refractivity contribution in [2.45, 2.75) is 0 Å². The van der Waals surface area contributed by atoms with Crippen LogP contribution in [-0.4, -0.2) is 0 Å². The highest BCUT2D eigenvalue weighted by Crippen LogP contribution is 2.51. The molecule has 23 aromatic carbocycles. The molecule has 0 N–H and O–H groups in total. The molecule has 26 aromatic rings. The van der Waals surface area contributed by atoms with Crippen molar-refractivity contribution in [1.82, 2.24) is 0 Å². The van der Waals surface area contributed by atoms with E-state index in [1.54, 1.807) is 0 Å². The maximum atomic E-state index is 6.36. The first-order valence-corrected chi connectivity index (χ1v) is 42.2. The highest BCUT2D eigenvalue weighted by molar-refractivity contribution is 6.27. The van der Waals surface area contributed by atoms with Crippen molar-refractivity contribution in [1.29, 1.82) is 0 Å². The summed E-state index contributed by atoms with van der Waals surface area (Å²) in [6.45, 7) is 0. The predicted molar refractivity (Wildman–Crippen MR) is 522 cm³/mol. The summed E-state index contributed by atoms with van der Waals surface area (Å²) in [7, 11) is 0. The van der Waals surface area contributed by atoms with E-state index in [-0.39, 0.29) is 0 Å². The molecule has 3 aromatic heterocycles. The molecule has 0 aliphatic heterocycles. The lowest BCUT2D eigenvalue weighted by Crippen LogP contribution is -1.92. The van der Waals surface area contributed by atoms with Crippen LogP contribution in [-0.2, 0) is 0 Å². The fourth-order valence-electron chi connectivity index (χ4n) is 19.7. The summed E-state index contributed by atoms with van der Waals surface area (Å²) >= 11 is 0. The van der Waals surface area contributed by atoms with Gasteiger partial charge in [-0.25, -0.2) is 0 Å². The van der Waals surface area contributed by atoms with E-state index in [0.29, 0.717) is 0 Å². The molecule has 0 aliphatic rings. The molecule has 0 unspecified atom stereocenters. The Labute approximate surface area is 709 Å². The monoisotopic (exact) mass is 1560 g/mol. The van der Waals surface area contributed by atoms with Crippen LogP contribution in [0, 0.1) is 0 Å². The van der Waals surface area contributed by atoms with Gasteiger partial charge in [0.15, 0.2) is 0 Å². The van der Waals surface area contributed by atoms with Crippen LogP contribution in [0.2, 0.25) is 0 Å². The minimum absolute atomic E-state index is 0.913. The van der Waals surface area contributed by atoms with Gasteiger partial charge in [0.1, 0.15) is 33.5 Å². The van der Waals surface area contributed by atoms with E-state index in [0.717, 1.165) is 65.8 Å². The smallest absolute Gasteiger partial charge is 0.136 e. The first-order chi connectivity index (χ1) is 61.0. The Morgan fingerprint density at radius 1 is 0.106 bits per heavy atom. The van der Waals surface area contributed by atoms with Gasteiger partial charge in [0.05, 0.1) is 0 Å². The zero-order valence-electron chi connectivity index (χ0n) is 66.9. The van der Waals surface area contributed by atoms with Crippen molar-refractivity contribution in [3.63, 3.8) is 0 Å². The Morgan fingerprint density at radius 2 is 0.333 bits per heavy atom. The summed E-state index contributed by atoms with van der Waals surface area (Å²) in [5.41, 5.74) is 25.4. The van der Waals surface area contributed by atoms with E-state index in [4.69, 9.17) is 13.3 Å². The third kappa shape index (κ3) is 12.1. The standard InChI is InChI=1S/2C42H26O.C36H22O/c1-2-11-27(12-3-1)28-15-10-16-31(23-28)41-33-17-6-8-19-35(33)42(36-20-9-7-18-34(36)41)32-21-22-39-37(25-32)38-24-29-13-4-5-14-30(29)26-40(38)43-39;1-2-12-27(13-3-1)31-16-6-7-17-32(31)42-35-20-10-8-18-33(35)41(34-19-9-11-21-36(34)42)30-22-23-39-37(25-30)38-24-28-14-4-5-15-29(28)26-40(38)43-39;1-2-10-23(11-3-1)35-27-14-6-8-16-29(27)36(30-17-9-7-15-28(30)35)26-18-19-33-31(21-26)32-20-24-12-4-5-13-25(24)22-34(32)37-33/h2*1-26H;1-22H. The number of hydrogen-bond donors (Lipinski definition) is 0. The molecule has 0 fully saturated rings. The summed E-state index contributed by atoms with van der Waals surface area (Å²) < 4.78 is 19.0. The summed E-state index contributed by atoms with van der Waals surface area (Å²) in [4.78, 5) is 0. The molecule has 0 spiro atoms. The minimum Gasteiger partial charge on any atom is -0.456 e. The van der Waals surface area contributed by atoms with Gasteiger partial charge < -0.3 is 13.3 Å². The average Bonchev–Trinajstić information content (AvgIpc) is 1.55. The molecule has 26 rings (SSSR count). The van der Waals surface area contributed by atoms with Crippen molar-refractivity contribution < 1.29 is 13.3 Å². The number of benzene rings is 23. The van der Waals surface area contributed by atoms with Crippen LogP contribution in [0.4, 0.5) is 0 Å². The van der Waals surface area contributed by atoms with E-state index in [9.17, 15) is 0 Å². The fourth-order valence-corrected chi connectivity index (χ4v) is 19.7. The third-order valence-corrected chi connectivity index (χ3v) is 25.3. The van der Waals surface area contributed by atoms with Crippen LogP contribution in [0.1, 0.15) is 0 Å². The van der Waals surface area contributed by atoms with Crippen molar-refractivity contribution in [3.8, 4) is 89.0 Å². The molecular formula is C120H74O3. The first-order valence-electron chi connectivity index (χ1n) is 42.2. The molecule has 0 amide bonds. The highest BCUT2D eigenvalue weighted by Gasteiger charge is 2.24. The molecule has 0 saturated heterocycles. The zero-order chi connectivity index (χ0) is 81.0. The molecule has 0 aliphatic carbocycles. The molecule has 0 radical (unpaired) electrons. The zero-order valence-corrected chi connectivity index (χ0v) is 66.9. The van der Waals surface area contributed by atoms with Crippen molar-refractivity contribution in [2.75, 3.05) is 0 Å². The third-order valence-electron chi connectivity index (χ3n) is 25.3. The molecule has 123 heavy (non-hydrogen) atoms. The first kappa shape index (κ1) is 71.0. The number of fused-ring (bicyclic) bond motifs is 18. The van der Waals surface area contributed by atoms with E-state index in [1.165, 1.54) is 186 Å². The Balaban J connectivity index is 0.000000104. The van der Waals surface area contributed by atoms with E-state index in [1.807, 2.05) is 0 Å². The quantitative estimate of drug-likeness (QED) is 0.142. The topological polar surface area (TPSA) is 39.4 Å². The van der Waals surface area contributed by atoms with Crippen LogP contribution >= 0.6 is 0 Å². The van der Waals surface area contributed by atoms with Gasteiger partial charge in [-0.2, -0.15) is 0 Å². The lowest BCUT2D eigenvalue weighted by Gasteiger charge is -2.19. The Hall–Kier alpha value is -16.2. The maximum absolute atomic E-state index is 6.36. The van der Waals surface area contributed by atoms with Gasteiger partial charge in [-0.15, -0.1) is 0 Å². The highest BCUT2D eigenvalue weighted by atomic mass is 16.3. The number of hydrogen-bond acceptors (Lipinski definition) is 3. The fraction of sp³-hybridized carbons (Fsp3) is 0. The molecule has 0 bridgehead atoms. The maximum Gasteiger partial charge on any atom is 0.136 e. The van der Waals surface area contributed by atoms with Crippen molar-refractivity contribution >= 4 is 163 Å². The van der Waals surface area contributed by atoms with Crippen LogP contribution in [0.5, 0.6) is 0 Å². The Bertz CT molecular complexity index is 8580. The molecule has 0 saturated carbocycles. The second kappa shape index (κ2) is 29.4. The lowest BCUT2D eigenvalue weighted by molar-refractivity contribution is 0.669. The van der Waals surface area contributed by atoms with Crippen molar-refractivity contribution in [2.24, 2.45) is 0 Å². The second-order valence-electron chi connectivity index (χ2n) is 32.3. The molecule has 3 nitrogen and oxygen atoms in total. The van der Waals surface area contributed by atoms with Gasteiger partial charge >= 0.3 is 0 Å². The van der Waals surface area contributed by atoms with Crippen LogP contribution in [0.15, 0.2) is 462 Å².